The van der Waals surface area contributed by atoms with E-state index in [0.717, 1.165) is 19.0 Å². The van der Waals surface area contributed by atoms with Crippen LogP contribution in [0.25, 0.3) is 0 Å². The molecule has 1 aliphatic rings. The molecule has 2 rings (SSSR count). The van der Waals surface area contributed by atoms with E-state index in [0.29, 0.717) is 18.4 Å². The zero-order valence-electron chi connectivity index (χ0n) is 9.46. The topological polar surface area (TPSA) is 28.2 Å². The van der Waals surface area contributed by atoms with Crippen LogP contribution in [0.2, 0.25) is 0 Å². The van der Waals surface area contributed by atoms with Crippen LogP contribution in [0.5, 0.6) is 0 Å². The van der Waals surface area contributed by atoms with Gasteiger partial charge in [-0.05, 0) is 25.6 Å². The SMILES string of the molecule is CNC1CCN(c2cccc(C(F)(F)F)n2)C1. The fourth-order valence-electron chi connectivity index (χ4n) is 1.96. The van der Waals surface area contributed by atoms with Crippen molar-refractivity contribution in [2.24, 2.45) is 0 Å². The first kappa shape index (κ1) is 12.2. The number of anilines is 1. The molecule has 94 valence electrons. The van der Waals surface area contributed by atoms with Gasteiger partial charge in [-0.3, -0.25) is 0 Å². The summed E-state index contributed by atoms with van der Waals surface area (Å²) in [7, 11) is 1.85. The molecule has 1 saturated heterocycles. The standard InChI is InChI=1S/C11H14F3N3/c1-15-8-5-6-17(7-8)10-4-2-3-9(16-10)11(12,13)14/h2-4,8,15H,5-7H2,1H3. The Bertz CT molecular complexity index is 392. The minimum Gasteiger partial charge on any atom is -0.355 e. The number of nitrogens with zero attached hydrogens (tertiary/aromatic N) is 2. The number of nitrogens with one attached hydrogen (secondary N) is 1. The summed E-state index contributed by atoms with van der Waals surface area (Å²) in [5.41, 5.74) is -0.831. The Labute approximate surface area is 97.6 Å². The number of hydrogen-bond acceptors (Lipinski definition) is 3. The summed E-state index contributed by atoms with van der Waals surface area (Å²) < 4.78 is 37.5. The number of aromatic nitrogens is 1. The second kappa shape index (κ2) is 4.52. The van der Waals surface area contributed by atoms with Crippen molar-refractivity contribution < 1.29 is 13.2 Å². The average molecular weight is 245 g/mol. The first-order valence-electron chi connectivity index (χ1n) is 5.47. The third kappa shape index (κ3) is 2.69. The van der Waals surface area contributed by atoms with E-state index < -0.39 is 11.9 Å². The number of pyridine rings is 1. The van der Waals surface area contributed by atoms with Gasteiger partial charge in [-0.2, -0.15) is 13.2 Å². The van der Waals surface area contributed by atoms with Gasteiger partial charge in [0.25, 0.3) is 0 Å². The predicted octanol–water partition coefficient (Wildman–Crippen LogP) is 1.90. The Kier molecular flexibility index (Phi) is 3.24. The second-order valence-electron chi connectivity index (χ2n) is 4.10. The van der Waals surface area contributed by atoms with Gasteiger partial charge in [0.1, 0.15) is 11.5 Å². The lowest BCUT2D eigenvalue weighted by atomic mass is 10.3. The highest BCUT2D eigenvalue weighted by molar-refractivity contribution is 5.41. The van der Waals surface area contributed by atoms with Crippen LogP contribution in [0.4, 0.5) is 19.0 Å². The third-order valence-electron chi connectivity index (χ3n) is 2.95. The molecule has 17 heavy (non-hydrogen) atoms. The highest BCUT2D eigenvalue weighted by atomic mass is 19.4. The Morgan fingerprint density at radius 2 is 2.18 bits per heavy atom. The van der Waals surface area contributed by atoms with Gasteiger partial charge in [0, 0.05) is 19.1 Å². The summed E-state index contributed by atoms with van der Waals surface area (Å²) in [5, 5.41) is 3.12. The number of likely N-dealkylation sites (N-methyl/N-ethyl adjacent to an activating group) is 1. The van der Waals surface area contributed by atoms with Crippen LogP contribution in [0, 0.1) is 0 Å². The van der Waals surface area contributed by atoms with Crippen molar-refractivity contribution in [3.05, 3.63) is 23.9 Å². The summed E-state index contributed by atoms with van der Waals surface area (Å²) in [4.78, 5) is 5.54. The van der Waals surface area contributed by atoms with Crippen LogP contribution in [-0.4, -0.2) is 31.2 Å². The van der Waals surface area contributed by atoms with Crippen molar-refractivity contribution in [2.75, 3.05) is 25.0 Å². The molecular weight excluding hydrogens is 231 g/mol. The van der Waals surface area contributed by atoms with Crippen molar-refractivity contribution in [1.82, 2.24) is 10.3 Å². The van der Waals surface area contributed by atoms with Gasteiger partial charge in [0.15, 0.2) is 0 Å². The molecule has 0 aromatic carbocycles. The summed E-state index contributed by atoms with van der Waals surface area (Å²) in [6.07, 6.45) is -3.45. The number of rotatable bonds is 2. The monoisotopic (exact) mass is 245 g/mol. The molecule has 0 radical (unpaired) electrons. The van der Waals surface area contributed by atoms with E-state index in [1.807, 2.05) is 11.9 Å². The van der Waals surface area contributed by atoms with Crippen molar-refractivity contribution in [1.29, 1.82) is 0 Å². The minimum atomic E-state index is -4.38. The van der Waals surface area contributed by atoms with Gasteiger partial charge in [0.05, 0.1) is 0 Å². The molecule has 1 unspecified atom stereocenters. The molecule has 1 fully saturated rings. The summed E-state index contributed by atoms with van der Waals surface area (Å²) in [6, 6.07) is 4.34. The van der Waals surface area contributed by atoms with Crippen molar-refractivity contribution in [3.63, 3.8) is 0 Å². The lowest BCUT2D eigenvalue weighted by molar-refractivity contribution is -0.141. The Hall–Kier alpha value is -1.30. The first-order valence-corrected chi connectivity index (χ1v) is 5.47. The van der Waals surface area contributed by atoms with Crippen LogP contribution in [0.15, 0.2) is 18.2 Å². The highest BCUT2D eigenvalue weighted by Crippen LogP contribution is 2.29. The molecule has 1 atom stereocenters. The summed E-state index contributed by atoms with van der Waals surface area (Å²) in [6.45, 7) is 1.44. The van der Waals surface area contributed by atoms with E-state index in [2.05, 4.69) is 10.3 Å². The minimum absolute atomic E-state index is 0.325. The molecule has 0 aliphatic carbocycles. The fourth-order valence-corrected chi connectivity index (χ4v) is 1.96. The number of hydrogen-bond donors (Lipinski definition) is 1. The molecule has 1 aliphatic heterocycles. The number of alkyl halides is 3. The van der Waals surface area contributed by atoms with Crippen LogP contribution in [0.1, 0.15) is 12.1 Å². The molecule has 1 aromatic heterocycles. The van der Waals surface area contributed by atoms with Crippen LogP contribution in [-0.2, 0) is 6.18 Å². The van der Waals surface area contributed by atoms with E-state index >= 15 is 0 Å². The molecule has 0 spiro atoms. The molecule has 0 saturated carbocycles. The molecule has 3 nitrogen and oxygen atoms in total. The van der Waals surface area contributed by atoms with Crippen LogP contribution < -0.4 is 10.2 Å². The molecule has 1 aromatic rings. The molecule has 6 heteroatoms. The van der Waals surface area contributed by atoms with Gasteiger partial charge in [-0.15, -0.1) is 0 Å². The van der Waals surface area contributed by atoms with E-state index in [1.165, 1.54) is 6.07 Å². The maximum atomic E-state index is 12.5. The Morgan fingerprint density at radius 3 is 2.76 bits per heavy atom. The van der Waals surface area contributed by atoms with E-state index in [9.17, 15) is 13.2 Å². The Balaban J connectivity index is 2.17. The summed E-state index contributed by atoms with van der Waals surface area (Å²) in [5.74, 6) is 0.401. The van der Waals surface area contributed by atoms with Crippen molar-refractivity contribution >= 4 is 5.82 Å². The Morgan fingerprint density at radius 1 is 1.41 bits per heavy atom. The van der Waals surface area contributed by atoms with E-state index in [4.69, 9.17) is 0 Å². The molecular formula is C11H14F3N3. The van der Waals surface area contributed by atoms with Gasteiger partial charge in [0.2, 0.25) is 0 Å². The fraction of sp³-hybridized carbons (Fsp3) is 0.545. The molecule has 2 heterocycles. The third-order valence-corrected chi connectivity index (χ3v) is 2.95. The van der Waals surface area contributed by atoms with Gasteiger partial charge >= 0.3 is 6.18 Å². The lowest BCUT2D eigenvalue weighted by Crippen LogP contribution is -2.30. The van der Waals surface area contributed by atoms with Crippen molar-refractivity contribution in [2.45, 2.75) is 18.6 Å². The highest BCUT2D eigenvalue weighted by Gasteiger charge is 2.33. The van der Waals surface area contributed by atoms with Gasteiger partial charge in [-0.25, -0.2) is 4.98 Å². The quantitative estimate of drug-likeness (QED) is 0.862. The largest absolute Gasteiger partial charge is 0.433 e. The van der Waals surface area contributed by atoms with Crippen molar-refractivity contribution in [3.8, 4) is 0 Å². The van der Waals surface area contributed by atoms with Crippen LogP contribution in [0.3, 0.4) is 0 Å². The zero-order chi connectivity index (χ0) is 12.5. The van der Waals surface area contributed by atoms with Gasteiger partial charge in [-0.1, -0.05) is 6.07 Å². The van der Waals surface area contributed by atoms with E-state index in [1.54, 1.807) is 6.07 Å². The maximum absolute atomic E-state index is 12.5. The predicted molar refractivity (Wildman–Crippen MR) is 58.9 cm³/mol. The lowest BCUT2D eigenvalue weighted by Gasteiger charge is -2.18. The van der Waals surface area contributed by atoms with E-state index in [-0.39, 0.29) is 0 Å². The normalized spacial score (nSPS) is 20.9. The van der Waals surface area contributed by atoms with Gasteiger partial charge < -0.3 is 10.2 Å². The van der Waals surface area contributed by atoms with Crippen LogP contribution >= 0.6 is 0 Å². The second-order valence-corrected chi connectivity index (χ2v) is 4.10. The molecule has 0 bridgehead atoms. The molecule has 0 amide bonds. The first-order chi connectivity index (χ1) is 8.00. The number of halogens is 3. The zero-order valence-corrected chi connectivity index (χ0v) is 9.46. The molecule has 1 N–H and O–H groups in total. The smallest absolute Gasteiger partial charge is 0.355 e. The average Bonchev–Trinajstić information content (AvgIpc) is 2.76. The maximum Gasteiger partial charge on any atom is 0.433 e. The summed E-state index contributed by atoms with van der Waals surface area (Å²) >= 11 is 0.